The molecule has 2 atom stereocenters. The average molecular weight is 324 g/mol. The minimum absolute atomic E-state index is 0.00693. The lowest BCUT2D eigenvalue weighted by Crippen LogP contribution is -2.37. The first kappa shape index (κ1) is 16.8. The van der Waals surface area contributed by atoms with Crippen molar-refractivity contribution in [2.45, 2.75) is 32.6 Å². The molecule has 1 amide bonds. The van der Waals surface area contributed by atoms with Crippen LogP contribution in [-0.4, -0.2) is 35.0 Å². The van der Waals surface area contributed by atoms with Crippen LogP contribution < -0.4 is 0 Å². The summed E-state index contributed by atoms with van der Waals surface area (Å²) in [6.07, 6.45) is 0.813. The van der Waals surface area contributed by atoms with Gasteiger partial charge in [-0.25, -0.2) is 0 Å². The SMILES string of the molecule is CC(C)CN(CCC(=O)O)C(=O)C1CC1c1cccc(Cl)c1. The number of carbonyl (C=O) groups excluding carboxylic acids is 1. The number of halogens is 1. The molecule has 0 radical (unpaired) electrons. The van der Waals surface area contributed by atoms with Crippen molar-refractivity contribution >= 4 is 23.5 Å². The number of amides is 1. The normalized spacial score (nSPS) is 20.0. The summed E-state index contributed by atoms with van der Waals surface area (Å²) in [5, 5.41) is 9.52. The number of carboxylic acid groups (broad SMARTS) is 1. The van der Waals surface area contributed by atoms with E-state index in [1.165, 1.54) is 0 Å². The van der Waals surface area contributed by atoms with Gasteiger partial charge in [0.05, 0.1) is 6.42 Å². The number of carboxylic acids is 1. The lowest BCUT2D eigenvalue weighted by atomic mass is 10.1. The highest BCUT2D eigenvalue weighted by atomic mass is 35.5. The van der Waals surface area contributed by atoms with E-state index >= 15 is 0 Å². The summed E-state index contributed by atoms with van der Waals surface area (Å²) in [4.78, 5) is 25.1. The Morgan fingerprint density at radius 3 is 2.73 bits per heavy atom. The van der Waals surface area contributed by atoms with Crippen molar-refractivity contribution < 1.29 is 14.7 Å². The van der Waals surface area contributed by atoms with Crippen LogP contribution in [0.15, 0.2) is 24.3 Å². The molecule has 4 nitrogen and oxygen atoms in total. The second kappa shape index (κ2) is 7.14. The molecule has 5 heteroatoms. The Morgan fingerprint density at radius 2 is 2.14 bits per heavy atom. The minimum Gasteiger partial charge on any atom is -0.481 e. The lowest BCUT2D eigenvalue weighted by Gasteiger charge is -2.24. The van der Waals surface area contributed by atoms with Crippen LogP contribution >= 0.6 is 11.6 Å². The third kappa shape index (κ3) is 4.47. The second-order valence-electron chi connectivity index (χ2n) is 6.33. The van der Waals surface area contributed by atoms with Gasteiger partial charge >= 0.3 is 5.97 Å². The predicted octanol–water partition coefficient (Wildman–Crippen LogP) is 3.40. The van der Waals surface area contributed by atoms with Gasteiger partial charge < -0.3 is 10.0 Å². The van der Waals surface area contributed by atoms with Crippen LogP contribution in [0.2, 0.25) is 5.02 Å². The monoisotopic (exact) mass is 323 g/mol. The maximum absolute atomic E-state index is 12.6. The number of aliphatic carboxylic acids is 1. The maximum atomic E-state index is 12.6. The van der Waals surface area contributed by atoms with Crippen LogP contribution in [0.4, 0.5) is 0 Å². The molecule has 1 aliphatic rings. The van der Waals surface area contributed by atoms with Gasteiger partial charge in [-0.1, -0.05) is 37.6 Å². The Balaban J connectivity index is 2.00. The van der Waals surface area contributed by atoms with Crippen LogP contribution in [-0.2, 0) is 9.59 Å². The van der Waals surface area contributed by atoms with E-state index in [1.807, 2.05) is 38.1 Å². The molecule has 1 saturated carbocycles. The van der Waals surface area contributed by atoms with Crippen molar-refractivity contribution in [3.63, 3.8) is 0 Å². The molecule has 1 aliphatic carbocycles. The van der Waals surface area contributed by atoms with Crippen LogP contribution in [0.5, 0.6) is 0 Å². The van der Waals surface area contributed by atoms with E-state index in [0.717, 1.165) is 12.0 Å². The van der Waals surface area contributed by atoms with E-state index in [0.29, 0.717) is 17.5 Å². The van der Waals surface area contributed by atoms with E-state index < -0.39 is 5.97 Å². The first-order valence-corrected chi connectivity index (χ1v) is 8.02. The summed E-state index contributed by atoms with van der Waals surface area (Å²) >= 11 is 6.00. The summed E-state index contributed by atoms with van der Waals surface area (Å²) in [5.74, 6) is -0.304. The zero-order valence-electron chi connectivity index (χ0n) is 13.0. The molecule has 22 heavy (non-hydrogen) atoms. The second-order valence-corrected chi connectivity index (χ2v) is 6.76. The summed E-state index contributed by atoms with van der Waals surface area (Å²) in [6.45, 7) is 4.95. The van der Waals surface area contributed by atoms with Gasteiger partial charge in [0, 0.05) is 24.0 Å². The Hall–Kier alpha value is -1.55. The van der Waals surface area contributed by atoms with Crippen LogP contribution in [0.3, 0.4) is 0 Å². The summed E-state index contributed by atoms with van der Waals surface area (Å²) in [7, 11) is 0. The highest BCUT2D eigenvalue weighted by Gasteiger charge is 2.45. The summed E-state index contributed by atoms with van der Waals surface area (Å²) in [5.41, 5.74) is 1.09. The topological polar surface area (TPSA) is 57.6 Å². The lowest BCUT2D eigenvalue weighted by molar-refractivity contribution is -0.139. The number of benzene rings is 1. The zero-order chi connectivity index (χ0) is 16.3. The molecule has 0 spiro atoms. The van der Waals surface area contributed by atoms with Gasteiger partial charge in [0.15, 0.2) is 0 Å². The molecule has 1 fully saturated rings. The molecule has 0 heterocycles. The van der Waals surface area contributed by atoms with Crippen LogP contribution in [0.25, 0.3) is 0 Å². The predicted molar refractivity (Wildman–Crippen MR) is 86.0 cm³/mol. The molecule has 0 bridgehead atoms. The first-order chi connectivity index (χ1) is 10.4. The fraction of sp³-hybridized carbons (Fsp3) is 0.529. The number of hydrogen-bond acceptors (Lipinski definition) is 2. The standard InChI is InChI=1S/C17H22ClNO3/c1-11(2)10-19(7-6-16(20)21)17(22)15-9-14(15)12-4-3-5-13(18)8-12/h3-5,8,11,14-15H,6-7,9-10H2,1-2H3,(H,20,21). The minimum atomic E-state index is -0.872. The van der Waals surface area contributed by atoms with Crippen molar-refractivity contribution in [3.05, 3.63) is 34.9 Å². The molecule has 1 aromatic rings. The van der Waals surface area contributed by atoms with Gasteiger partial charge in [0.25, 0.3) is 0 Å². The van der Waals surface area contributed by atoms with E-state index in [2.05, 4.69) is 0 Å². The summed E-state index contributed by atoms with van der Waals surface area (Å²) < 4.78 is 0. The van der Waals surface area contributed by atoms with E-state index in [4.69, 9.17) is 16.7 Å². The van der Waals surface area contributed by atoms with E-state index in [-0.39, 0.29) is 30.7 Å². The van der Waals surface area contributed by atoms with Gasteiger partial charge in [0.1, 0.15) is 0 Å². The Kier molecular flexibility index (Phi) is 5.46. The van der Waals surface area contributed by atoms with Gasteiger partial charge in [-0.2, -0.15) is 0 Å². The van der Waals surface area contributed by atoms with Crippen LogP contribution in [0, 0.1) is 11.8 Å². The molecule has 0 aliphatic heterocycles. The van der Waals surface area contributed by atoms with Crippen molar-refractivity contribution in [2.24, 2.45) is 11.8 Å². The van der Waals surface area contributed by atoms with Gasteiger partial charge in [0.2, 0.25) is 5.91 Å². The Labute approximate surface area is 136 Å². The molecular weight excluding hydrogens is 302 g/mol. The van der Waals surface area contributed by atoms with E-state index in [1.54, 1.807) is 4.90 Å². The Bertz CT molecular complexity index is 559. The summed E-state index contributed by atoms with van der Waals surface area (Å²) in [6, 6.07) is 7.62. The van der Waals surface area contributed by atoms with Crippen LogP contribution in [0.1, 0.15) is 38.2 Å². The van der Waals surface area contributed by atoms with Gasteiger partial charge in [-0.3, -0.25) is 9.59 Å². The molecule has 2 rings (SSSR count). The molecule has 1 aromatic carbocycles. The maximum Gasteiger partial charge on any atom is 0.305 e. The van der Waals surface area contributed by atoms with Crippen molar-refractivity contribution in [1.82, 2.24) is 4.90 Å². The molecule has 0 aromatic heterocycles. The average Bonchev–Trinajstić information content (AvgIpc) is 3.22. The fourth-order valence-corrected chi connectivity index (χ4v) is 2.97. The number of hydrogen-bond donors (Lipinski definition) is 1. The molecule has 120 valence electrons. The number of rotatable bonds is 7. The zero-order valence-corrected chi connectivity index (χ0v) is 13.7. The molecular formula is C17H22ClNO3. The number of nitrogens with zero attached hydrogens (tertiary/aromatic N) is 1. The molecule has 1 N–H and O–H groups in total. The fourth-order valence-electron chi connectivity index (χ4n) is 2.77. The quantitative estimate of drug-likeness (QED) is 0.836. The smallest absolute Gasteiger partial charge is 0.305 e. The van der Waals surface area contributed by atoms with Gasteiger partial charge in [-0.05, 0) is 36.0 Å². The third-order valence-electron chi connectivity index (χ3n) is 3.88. The highest BCUT2D eigenvalue weighted by Crippen LogP contribution is 2.48. The molecule has 2 unspecified atom stereocenters. The van der Waals surface area contributed by atoms with Crippen molar-refractivity contribution in [2.75, 3.05) is 13.1 Å². The van der Waals surface area contributed by atoms with E-state index in [9.17, 15) is 9.59 Å². The Morgan fingerprint density at radius 1 is 1.41 bits per heavy atom. The molecule has 0 saturated heterocycles. The van der Waals surface area contributed by atoms with Crippen molar-refractivity contribution in [3.8, 4) is 0 Å². The highest BCUT2D eigenvalue weighted by molar-refractivity contribution is 6.30. The van der Waals surface area contributed by atoms with Gasteiger partial charge in [-0.15, -0.1) is 0 Å². The third-order valence-corrected chi connectivity index (χ3v) is 4.11. The first-order valence-electron chi connectivity index (χ1n) is 7.64. The largest absolute Gasteiger partial charge is 0.481 e. The number of carbonyl (C=O) groups is 2. The van der Waals surface area contributed by atoms with Crippen molar-refractivity contribution in [1.29, 1.82) is 0 Å².